The third kappa shape index (κ3) is 2.85. The van der Waals surface area contributed by atoms with Crippen LogP contribution < -0.4 is 9.64 Å². The third-order valence-corrected chi connectivity index (χ3v) is 4.16. The van der Waals surface area contributed by atoms with Gasteiger partial charge in [-0.05, 0) is 36.5 Å². The summed E-state index contributed by atoms with van der Waals surface area (Å²) in [6.45, 7) is 0. The number of nitrogens with zero attached hydrogens (tertiary/aromatic N) is 3. The molecule has 0 aliphatic carbocycles. The van der Waals surface area contributed by atoms with Crippen molar-refractivity contribution in [1.82, 2.24) is 4.90 Å². The van der Waals surface area contributed by atoms with Gasteiger partial charge >= 0.3 is 0 Å². The second-order valence-corrected chi connectivity index (χ2v) is 5.50. The van der Waals surface area contributed by atoms with Gasteiger partial charge in [-0.25, -0.2) is 4.90 Å². The van der Waals surface area contributed by atoms with Crippen molar-refractivity contribution < 1.29 is 18.9 Å². The maximum Gasteiger partial charge on any atom is 0.297 e. The summed E-state index contributed by atoms with van der Waals surface area (Å²) in [4.78, 5) is 26.2. The fraction of sp³-hybridized carbons (Fsp3) is 0.125. The van der Waals surface area contributed by atoms with Gasteiger partial charge in [0.15, 0.2) is 5.11 Å². The summed E-state index contributed by atoms with van der Waals surface area (Å²) in [7, 11) is 3.02. The molecule has 8 nitrogen and oxygen atoms in total. The van der Waals surface area contributed by atoms with Gasteiger partial charge in [-0.3, -0.25) is 14.9 Å². The van der Waals surface area contributed by atoms with Crippen molar-refractivity contribution in [2.45, 2.75) is 0 Å². The number of ether oxygens (including phenoxy) is 1. The van der Waals surface area contributed by atoms with Crippen LogP contribution in [-0.2, 0) is 4.79 Å². The normalized spacial score (nSPS) is 16.0. The van der Waals surface area contributed by atoms with Crippen LogP contribution in [0.2, 0.25) is 0 Å². The number of nitro benzene ring substituents is 1. The third-order valence-electron chi connectivity index (χ3n) is 3.70. The molecule has 0 saturated carbocycles. The van der Waals surface area contributed by atoms with Gasteiger partial charge in [0, 0.05) is 13.1 Å². The number of carbonyl (C=O) groups is 1. The number of hydrogen-bond acceptors (Lipinski definition) is 6. The first kappa shape index (κ1) is 16.7. The molecule has 2 heterocycles. The molecule has 9 heteroatoms. The summed E-state index contributed by atoms with van der Waals surface area (Å²) >= 11 is 5.31. The van der Waals surface area contributed by atoms with Crippen LogP contribution in [0.4, 0.5) is 11.4 Å². The summed E-state index contributed by atoms with van der Waals surface area (Å²) in [5, 5.41) is 11.5. The summed E-state index contributed by atoms with van der Waals surface area (Å²) in [6.07, 6.45) is 3.01. The molecule has 0 atom stereocenters. The number of hydrogen-bond donors (Lipinski definition) is 0. The molecule has 1 aromatic carbocycles. The Kier molecular flexibility index (Phi) is 4.24. The number of benzene rings is 1. The summed E-state index contributed by atoms with van der Waals surface area (Å²) < 4.78 is 10.2. The number of furan rings is 1. The number of carbonyl (C=O) groups excluding carboxylic acids is 1. The standard InChI is InChI=1S/C16H13N3O5S/c1-17-14(9-11-4-3-7-24-11)15(20)18(16(17)25)12-6-5-10(23-2)8-13(12)19(21)22/h3-9H,1-2H3. The maximum absolute atomic E-state index is 12.8. The van der Waals surface area contributed by atoms with Crippen LogP contribution in [0.5, 0.6) is 5.75 Å². The predicted molar refractivity (Wildman–Crippen MR) is 94.2 cm³/mol. The van der Waals surface area contributed by atoms with Crippen LogP contribution in [-0.4, -0.2) is 35.0 Å². The number of rotatable bonds is 4. The second kappa shape index (κ2) is 6.36. The van der Waals surface area contributed by atoms with Gasteiger partial charge < -0.3 is 14.1 Å². The van der Waals surface area contributed by atoms with E-state index in [2.05, 4.69) is 0 Å². The molecule has 0 N–H and O–H groups in total. The highest BCUT2D eigenvalue weighted by Gasteiger charge is 2.40. The highest BCUT2D eigenvalue weighted by molar-refractivity contribution is 7.80. The summed E-state index contributed by atoms with van der Waals surface area (Å²) in [5.41, 5.74) is 0.0586. The first-order chi connectivity index (χ1) is 11.9. The predicted octanol–water partition coefficient (Wildman–Crippen LogP) is 2.80. The lowest BCUT2D eigenvalue weighted by molar-refractivity contribution is -0.384. The van der Waals surface area contributed by atoms with Crippen LogP contribution in [0.1, 0.15) is 5.76 Å². The van der Waals surface area contributed by atoms with Crippen molar-refractivity contribution in [3.63, 3.8) is 0 Å². The number of methoxy groups -OCH3 is 1. The second-order valence-electron chi connectivity index (χ2n) is 5.14. The lowest BCUT2D eigenvalue weighted by Gasteiger charge is -2.16. The topological polar surface area (TPSA) is 89.1 Å². The molecule has 25 heavy (non-hydrogen) atoms. The molecule has 1 fully saturated rings. The molecule has 1 aliphatic heterocycles. The van der Waals surface area contributed by atoms with Crippen LogP contribution >= 0.6 is 12.2 Å². The molecular formula is C16H13N3O5S. The quantitative estimate of drug-likeness (QED) is 0.359. The molecule has 0 radical (unpaired) electrons. The van der Waals surface area contributed by atoms with Gasteiger partial charge in [0.2, 0.25) is 0 Å². The Morgan fingerprint density at radius 1 is 1.36 bits per heavy atom. The van der Waals surface area contributed by atoms with Crippen molar-refractivity contribution in [1.29, 1.82) is 0 Å². The van der Waals surface area contributed by atoms with Crippen LogP contribution in [0.3, 0.4) is 0 Å². The molecule has 2 aromatic rings. The van der Waals surface area contributed by atoms with E-state index < -0.39 is 10.8 Å². The van der Waals surface area contributed by atoms with Gasteiger partial charge in [0.05, 0.1) is 24.4 Å². The average molecular weight is 359 g/mol. The highest BCUT2D eigenvalue weighted by atomic mass is 32.1. The first-order valence-electron chi connectivity index (χ1n) is 7.14. The molecule has 1 aromatic heterocycles. The SMILES string of the molecule is COc1ccc(N2C(=O)C(=Cc3ccco3)N(C)C2=S)c([N+](=O)[O-])c1. The number of amides is 1. The van der Waals surface area contributed by atoms with E-state index in [1.54, 1.807) is 19.2 Å². The minimum Gasteiger partial charge on any atom is -0.496 e. The zero-order valence-corrected chi connectivity index (χ0v) is 14.1. The van der Waals surface area contributed by atoms with Crippen molar-refractivity contribution in [3.05, 3.63) is 58.2 Å². The zero-order chi connectivity index (χ0) is 18.1. The fourth-order valence-corrected chi connectivity index (χ4v) is 2.72. The molecule has 128 valence electrons. The van der Waals surface area contributed by atoms with Gasteiger partial charge in [-0.1, -0.05) is 0 Å². The van der Waals surface area contributed by atoms with Gasteiger partial charge in [-0.15, -0.1) is 0 Å². The Bertz CT molecular complexity index is 891. The molecule has 0 bridgehead atoms. The zero-order valence-electron chi connectivity index (χ0n) is 13.3. The highest BCUT2D eigenvalue weighted by Crippen LogP contribution is 2.36. The van der Waals surface area contributed by atoms with E-state index in [0.717, 1.165) is 4.90 Å². The van der Waals surface area contributed by atoms with Crippen LogP contribution in [0, 0.1) is 10.1 Å². The number of anilines is 1. The Morgan fingerprint density at radius 3 is 2.72 bits per heavy atom. The number of likely N-dealkylation sites (N-methyl/N-ethyl adjacent to an activating group) is 1. The smallest absolute Gasteiger partial charge is 0.297 e. The van der Waals surface area contributed by atoms with Crippen LogP contribution in [0.15, 0.2) is 46.7 Å². The monoisotopic (exact) mass is 359 g/mol. The summed E-state index contributed by atoms with van der Waals surface area (Å²) in [5.74, 6) is 0.314. The molecule has 0 unspecified atom stereocenters. The first-order valence-corrected chi connectivity index (χ1v) is 7.54. The lowest BCUT2D eigenvalue weighted by atomic mass is 10.2. The van der Waals surface area contributed by atoms with Crippen LogP contribution in [0.25, 0.3) is 6.08 Å². The molecular weight excluding hydrogens is 346 g/mol. The molecule has 1 aliphatic rings. The summed E-state index contributed by atoms with van der Waals surface area (Å²) in [6, 6.07) is 7.60. The molecule has 1 amide bonds. The Labute approximate surface area is 148 Å². The molecule has 0 spiro atoms. The number of nitro groups is 1. The molecule has 1 saturated heterocycles. The number of thiocarbonyl (C=S) groups is 1. The minimum absolute atomic E-state index is 0.0792. The van der Waals surface area contributed by atoms with E-state index in [-0.39, 0.29) is 22.2 Å². The Morgan fingerprint density at radius 2 is 2.12 bits per heavy atom. The van der Waals surface area contributed by atoms with Gasteiger partial charge in [-0.2, -0.15) is 0 Å². The van der Waals surface area contributed by atoms with E-state index in [0.29, 0.717) is 11.5 Å². The van der Waals surface area contributed by atoms with E-state index in [1.807, 2.05) is 0 Å². The fourth-order valence-electron chi connectivity index (χ4n) is 2.44. The lowest BCUT2D eigenvalue weighted by Crippen LogP contribution is -2.31. The average Bonchev–Trinajstić information content (AvgIpc) is 3.18. The van der Waals surface area contributed by atoms with Crippen molar-refractivity contribution in [2.75, 3.05) is 19.1 Å². The van der Waals surface area contributed by atoms with E-state index in [4.69, 9.17) is 21.4 Å². The van der Waals surface area contributed by atoms with Gasteiger partial charge in [0.1, 0.15) is 22.9 Å². The minimum atomic E-state index is -0.581. The molecule has 3 rings (SSSR count). The maximum atomic E-state index is 12.8. The Hall–Kier alpha value is -3.20. The van der Waals surface area contributed by atoms with Gasteiger partial charge in [0.25, 0.3) is 11.6 Å². The van der Waals surface area contributed by atoms with Crippen molar-refractivity contribution in [3.8, 4) is 5.75 Å². The van der Waals surface area contributed by atoms with E-state index in [1.165, 1.54) is 42.5 Å². The van der Waals surface area contributed by atoms with Crippen molar-refractivity contribution in [2.24, 2.45) is 0 Å². The Balaban J connectivity index is 2.08. The van der Waals surface area contributed by atoms with Crippen molar-refractivity contribution >= 4 is 40.7 Å². The largest absolute Gasteiger partial charge is 0.496 e. The van der Waals surface area contributed by atoms with E-state index in [9.17, 15) is 14.9 Å². The van der Waals surface area contributed by atoms with E-state index >= 15 is 0 Å².